The van der Waals surface area contributed by atoms with Gasteiger partial charge in [0.15, 0.2) is 15.7 Å². The molecule has 2 atom stereocenters. The number of amides is 4. The van der Waals surface area contributed by atoms with Crippen molar-refractivity contribution in [2.75, 3.05) is 29.2 Å². The van der Waals surface area contributed by atoms with Gasteiger partial charge in [0.1, 0.15) is 17.2 Å². The van der Waals surface area contributed by atoms with E-state index in [1.807, 2.05) is 32.0 Å². The molecule has 0 saturated heterocycles. The predicted octanol–water partition coefficient (Wildman–Crippen LogP) is 9.27. The van der Waals surface area contributed by atoms with Gasteiger partial charge in [-0.1, -0.05) is 25.1 Å². The third-order valence-corrected chi connectivity index (χ3v) is 12.1. The first-order chi connectivity index (χ1) is 27.3. The van der Waals surface area contributed by atoms with Gasteiger partial charge in [-0.15, -0.1) is 0 Å². The SMILES string of the molecule is Cc1cc2ccc1[C@@H](C)COC(=O)Nc1ccc(S(=O)(=O)C(C)(C)C)c(c1)CN(C)C(=O)[C@@H]2Nc1ccc2c(N(C(=O)OC(C)(C)C)C(=O)OC(C)(C)C)nccc2c1. The lowest BCUT2D eigenvalue weighted by Crippen LogP contribution is -2.44. The van der Waals surface area contributed by atoms with Gasteiger partial charge in [-0.3, -0.25) is 10.1 Å². The number of aromatic nitrogens is 1. The average molecular weight is 830 g/mol. The Balaban J connectivity index is 1.60. The number of hydrogen-bond donors (Lipinski definition) is 2. The number of benzene rings is 3. The van der Waals surface area contributed by atoms with Crippen molar-refractivity contribution in [2.45, 2.75) is 116 Å². The molecule has 316 valence electrons. The normalized spacial score (nSPS) is 16.9. The van der Waals surface area contributed by atoms with Crippen molar-refractivity contribution < 1.29 is 41.8 Å². The van der Waals surface area contributed by atoms with E-state index in [0.717, 1.165) is 16.0 Å². The third-order valence-electron chi connectivity index (χ3n) is 9.47. The highest BCUT2D eigenvalue weighted by Crippen LogP contribution is 2.34. The third kappa shape index (κ3) is 10.3. The Kier molecular flexibility index (Phi) is 12.4. The summed E-state index contributed by atoms with van der Waals surface area (Å²) >= 11 is 0. The number of nitrogens with zero attached hydrogens (tertiary/aromatic N) is 3. The van der Waals surface area contributed by atoms with E-state index in [0.29, 0.717) is 33.3 Å². The molecule has 0 aliphatic carbocycles. The van der Waals surface area contributed by atoms with E-state index < -0.39 is 50.1 Å². The van der Waals surface area contributed by atoms with Crippen molar-refractivity contribution in [1.82, 2.24) is 9.88 Å². The molecule has 3 aromatic carbocycles. The van der Waals surface area contributed by atoms with Gasteiger partial charge in [-0.2, -0.15) is 4.90 Å². The minimum atomic E-state index is -3.88. The smallest absolute Gasteiger partial charge is 0.425 e. The number of aryl methyl sites for hydroxylation is 1. The number of pyridine rings is 1. The highest BCUT2D eigenvalue weighted by atomic mass is 32.2. The van der Waals surface area contributed by atoms with Gasteiger partial charge in [0.2, 0.25) is 5.91 Å². The summed E-state index contributed by atoms with van der Waals surface area (Å²) in [7, 11) is -2.29. The summed E-state index contributed by atoms with van der Waals surface area (Å²) < 4.78 is 43.2. The Labute approximate surface area is 346 Å². The number of nitrogens with one attached hydrogen (secondary N) is 2. The second-order valence-electron chi connectivity index (χ2n) is 17.8. The zero-order chi connectivity index (χ0) is 43.8. The molecule has 2 aliphatic rings. The van der Waals surface area contributed by atoms with Crippen molar-refractivity contribution in [3.63, 3.8) is 0 Å². The Morgan fingerprint density at radius 1 is 0.898 bits per heavy atom. The number of carbonyl (C=O) groups excluding carboxylic acids is 4. The Morgan fingerprint density at radius 2 is 1.54 bits per heavy atom. The molecule has 15 heteroatoms. The molecule has 3 heterocycles. The lowest BCUT2D eigenvalue weighted by molar-refractivity contribution is -0.131. The van der Waals surface area contributed by atoms with Crippen molar-refractivity contribution in [2.24, 2.45) is 0 Å². The van der Waals surface area contributed by atoms with Gasteiger partial charge in [0, 0.05) is 42.5 Å². The molecule has 1 aromatic heterocycles. The number of carbonyl (C=O) groups is 4. The van der Waals surface area contributed by atoms with E-state index in [4.69, 9.17) is 14.2 Å². The molecule has 2 N–H and O–H groups in total. The van der Waals surface area contributed by atoms with Gasteiger partial charge in [-0.25, -0.2) is 27.8 Å². The molecular weight excluding hydrogens is 775 g/mol. The van der Waals surface area contributed by atoms with Crippen LogP contribution in [0.15, 0.2) is 71.8 Å². The minimum Gasteiger partial charge on any atom is -0.449 e. The largest absolute Gasteiger partial charge is 0.449 e. The molecule has 59 heavy (non-hydrogen) atoms. The van der Waals surface area contributed by atoms with Gasteiger partial charge in [0.05, 0.1) is 16.2 Å². The van der Waals surface area contributed by atoms with Crippen molar-refractivity contribution >= 4 is 62.0 Å². The first kappa shape index (κ1) is 44.4. The maximum absolute atomic E-state index is 14.7. The van der Waals surface area contributed by atoms with Crippen LogP contribution >= 0.6 is 0 Å². The number of anilines is 3. The second kappa shape index (κ2) is 16.5. The number of sulfone groups is 1. The maximum atomic E-state index is 14.7. The van der Waals surface area contributed by atoms with Gasteiger partial charge in [-0.05, 0) is 139 Å². The van der Waals surface area contributed by atoms with E-state index in [-0.39, 0.29) is 35.7 Å². The van der Waals surface area contributed by atoms with Gasteiger partial charge < -0.3 is 24.4 Å². The van der Waals surface area contributed by atoms with Crippen LogP contribution < -0.4 is 15.5 Å². The van der Waals surface area contributed by atoms with Crippen LogP contribution in [0, 0.1) is 6.92 Å². The number of likely N-dealkylation sites (N-methyl/N-ethyl adjacent to an activating group) is 1. The Morgan fingerprint density at radius 3 is 2.14 bits per heavy atom. The lowest BCUT2D eigenvalue weighted by atomic mass is 9.93. The topological polar surface area (TPSA) is 174 Å². The monoisotopic (exact) mass is 829 g/mol. The van der Waals surface area contributed by atoms with E-state index in [2.05, 4.69) is 15.6 Å². The highest BCUT2D eigenvalue weighted by molar-refractivity contribution is 7.92. The molecule has 4 aromatic rings. The van der Waals surface area contributed by atoms with Crippen LogP contribution in [0.25, 0.3) is 10.8 Å². The summed E-state index contributed by atoms with van der Waals surface area (Å²) in [6.07, 6.45) is -1.15. The molecule has 0 spiro atoms. The second-order valence-corrected chi connectivity index (χ2v) is 20.5. The molecule has 0 saturated carbocycles. The Bertz CT molecular complexity index is 2370. The quantitative estimate of drug-likeness (QED) is 0.188. The van der Waals surface area contributed by atoms with Gasteiger partial charge in [0.25, 0.3) is 0 Å². The maximum Gasteiger partial charge on any atom is 0.425 e. The molecule has 14 nitrogen and oxygen atoms in total. The standard InChI is InChI=1S/C44H55N5O9S/c1-26-21-29-13-16-33(26)27(2)25-56-39(51)47-32-15-18-35(59(54,55)44(9,10)11)30(23-32)24-48(12)38(50)36(29)46-31-14-17-34-28(22-31)19-20-45-37(34)49(40(52)57-42(3,4)5)41(53)58-43(6,7)8/h13-23,27,36,46H,24-25H2,1-12H3,(H,47,51)/t27-,36+/m0/s1. The van der Waals surface area contributed by atoms with Crippen molar-refractivity contribution in [1.29, 1.82) is 0 Å². The van der Waals surface area contributed by atoms with Gasteiger partial charge >= 0.3 is 18.3 Å². The van der Waals surface area contributed by atoms with Crippen LogP contribution in [-0.2, 0) is 35.4 Å². The molecule has 0 unspecified atom stereocenters. The number of fused-ring (bicyclic) bond motifs is 10. The fourth-order valence-corrected chi connectivity index (χ4v) is 7.92. The first-order valence-electron chi connectivity index (χ1n) is 19.3. The summed E-state index contributed by atoms with van der Waals surface area (Å²) in [5, 5.41) is 7.13. The molecule has 6 rings (SSSR count). The van der Waals surface area contributed by atoms with E-state index in [9.17, 15) is 27.6 Å². The number of hydrogen-bond acceptors (Lipinski definition) is 11. The summed E-state index contributed by atoms with van der Waals surface area (Å²) in [5.74, 6) is -0.556. The molecule has 2 aliphatic heterocycles. The fraction of sp³-hybridized carbons (Fsp3) is 0.432. The van der Waals surface area contributed by atoms with Crippen molar-refractivity contribution in [3.05, 3.63) is 89.1 Å². The summed E-state index contributed by atoms with van der Waals surface area (Å²) in [4.78, 5) is 61.2. The van der Waals surface area contributed by atoms with E-state index in [1.165, 1.54) is 23.2 Å². The highest BCUT2D eigenvalue weighted by Gasteiger charge is 2.36. The summed E-state index contributed by atoms with van der Waals surface area (Å²) in [6.45, 7) is 18.7. The van der Waals surface area contributed by atoms with Crippen molar-refractivity contribution in [3.8, 4) is 0 Å². The number of imide groups is 1. The number of ether oxygens (including phenoxy) is 3. The van der Waals surface area contributed by atoms with Crippen LogP contribution in [0.4, 0.5) is 31.6 Å². The average Bonchev–Trinajstić information content (AvgIpc) is 3.10. The number of rotatable bonds is 4. The molecule has 0 fully saturated rings. The lowest BCUT2D eigenvalue weighted by Gasteiger charge is -2.29. The molecule has 4 bridgehead atoms. The zero-order valence-electron chi connectivity index (χ0n) is 35.8. The zero-order valence-corrected chi connectivity index (χ0v) is 36.7. The van der Waals surface area contributed by atoms with E-state index >= 15 is 0 Å². The first-order valence-corrected chi connectivity index (χ1v) is 20.8. The van der Waals surface area contributed by atoms with Crippen LogP contribution in [0.5, 0.6) is 0 Å². The summed E-state index contributed by atoms with van der Waals surface area (Å²) in [6, 6.07) is 16.1. The predicted molar refractivity (Wildman–Crippen MR) is 227 cm³/mol. The summed E-state index contributed by atoms with van der Waals surface area (Å²) in [5.41, 5.74) is 1.74. The van der Waals surface area contributed by atoms with E-state index in [1.54, 1.807) is 99.7 Å². The fourth-order valence-electron chi connectivity index (χ4n) is 6.55. The molecule has 4 amide bonds. The van der Waals surface area contributed by atoms with Crippen LogP contribution in [0.3, 0.4) is 0 Å². The Hall–Kier alpha value is -5.70. The van der Waals surface area contributed by atoms with Crippen LogP contribution in [-0.4, -0.2) is 72.1 Å². The molecular formula is C44H55N5O9S. The van der Waals surface area contributed by atoms with Crippen LogP contribution in [0.1, 0.15) is 103 Å². The minimum absolute atomic E-state index is 0.00168. The molecule has 0 radical (unpaired) electrons. The van der Waals surface area contributed by atoms with Crippen LogP contribution in [0.2, 0.25) is 0 Å².